The smallest absolute Gasteiger partial charge is 0.416 e. The highest BCUT2D eigenvalue weighted by Crippen LogP contribution is 2.29. The molecule has 0 aliphatic rings. The highest BCUT2D eigenvalue weighted by Gasteiger charge is 2.30. The van der Waals surface area contributed by atoms with Crippen molar-refractivity contribution >= 4 is 11.9 Å². The Bertz CT molecular complexity index is 483. The molecule has 20 heavy (non-hydrogen) atoms. The van der Waals surface area contributed by atoms with E-state index in [4.69, 9.17) is 5.11 Å². The second kappa shape index (κ2) is 6.40. The van der Waals surface area contributed by atoms with Crippen molar-refractivity contribution in [2.24, 2.45) is 0 Å². The fraction of sp³-hybridized carbons (Fsp3) is 0.385. The summed E-state index contributed by atoms with van der Waals surface area (Å²) in [6.45, 7) is 1.61. The van der Waals surface area contributed by atoms with Crippen LogP contribution in [0.3, 0.4) is 0 Å². The van der Waals surface area contributed by atoms with Crippen LogP contribution in [0.15, 0.2) is 24.3 Å². The fourth-order valence-electron chi connectivity index (χ4n) is 1.58. The number of carbonyl (C=O) groups is 2. The summed E-state index contributed by atoms with van der Waals surface area (Å²) in [7, 11) is 0. The van der Waals surface area contributed by atoms with Crippen LogP contribution in [0.5, 0.6) is 0 Å². The van der Waals surface area contributed by atoms with Gasteiger partial charge < -0.3 is 10.4 Å². The van der Waals surface area contributed by atoms with E-state index in [0.29, 0.717) is 5.56 Å². The molecule has 0 spiro atoms. The van der Waals surface area contributed by atoms with Crippen LogP contribution in [-0.2, 0) is 22.2 Å². The summed E-state index contributed by atoms with van der Waals surface area (Å²) < 4.78 is 37.0. The Labute approximate surface area is 113 Å². The van der Waals surface area contributed by atoms with Gasteiger partial charge in [-0.1, -0.05) is 19.1 Å². The van der Waals surface area contributed by atoms with E-state index in [0.717, 1.165) is 12.1 Å². The molecule has 0 aromatic heterocycles. The second-order valence-electron chi connectivity index (χ2n) is 4.24. The van der Waals surface area contributed by atoms with Crippen LogP contribution in [0, 0.1) is 0 Å². The molecule has 0 radical (unpaired) electrons. The molecule has 0 fully saturated rings. The minimum Gasteiger partial charge on any atom is -0.480 e. The van der Waals surface area contributed by atoms with Gasteiger partial charge in [0.05, 0.1) is 12.0 Å². The summed E-state index contributed by atoms with van der Waals surface area (Å²) in [5, 5.41) is 11.1. The van der Waals surface area contributed by atoms with Crippen LogP contribution in [0.4, 0.5) is 13.2 Å². The number of alkyl halides is 3. The summed E-state index contributed by atoms with van der Waals surface area (Å²) in [5.41, 5.74) is -0.408. The number of amides is 1. The Morgan fingerprint density at radius 2 is 1.80 bits per heavy atom. The van der Waals surface area contributed by atoms with E-state index in [1.54, 1.807) is 6.92 Å². The molecule has 2 N–H and O–H groups in total. The van der Waals surface area contributed by atoms with Gasteiger partial charge in [0.25, 0.3) is 0 Å². The quantitative estimate of drug-likeness (QED) is 0.873. The van der Waals surface area contributed by atoms with Crippen LogP contribution in [0.2, 0.25) is 0 Å². The summed E-state index contributed by atoms with van der Waals surface area (Å²) in [6.07, 6.45) is -4.35. The zero-order chi connectivity index (χ0) is 15.3. The second-order valence-corrected chi connectivity index (χ2v) is 4.24. The van der Waals surface area contributed by atoms with Crippen molar-refractivity contribution in [1.82, 2.24) is 5.32 Å². The number of carboxylic acid groups (broad SMARTS) is 1. The lowest BCUT2D eigenvalue weighted by molar-refractivity contribution is -0.141. The predicted octanol–water partition coefficient (Wildman–Crippen LogP) is 2.23. The van der Waals surface area contributed by atoms with Crippen LogP contribution in [0.1, 0.15) is 24.5 Å². The number of hydrogen-bond donors (Lipinski definition) is 2. The molecule has 0 saturated carbocycles. The van der Waals surface area contributed by atoms with E-state index >= 15 is 0 Å². The molecular weight excluding hydrogens is 275 g/mol. The molecule has 1 aromatic rings. The lowest BCUT2D eigenvalue weighted by Crippen LogP contribution is -2.40. The molecule has 110 valence electrons. The Balaban J connectivity index is 2.65. The van der Waals surface area contributed by atoms with Crippen LogP contribution in [0.25, 0.3) is 0 Å². The number of aliphatic carboxylic acids is 1. The van der Waals surface area contributed by atoms with E-state index < -0.39 is 29.7 Å². The van der Waals surface area contributed by atoms with Gasteiger partial charge in [-0.05, 0) is 24.1 Å². The maximum Gasteiger partial charge on any atom is 0.416 e. The minimum absolute atomic E-state index is 0.165. The van der Waals surface area contributed by atoms with Crippen molar-refractivity contribution in [2.45, 2.75) is 32.0 Å². The largest absolute Gasteiger partial charge is 0.480 e. The Hall–Kier alpha value is -2.05. The third-order valence-electron chi connectivity index (χ3n) is 2.69. The molecule has 0 aliphatic carbocycles. The highest BCUT2D eigenvalue weighted by molar-refractivity contribution is 5.84. The van der Waals surface area contributed by atoms with Gasteiger partial charge in [-0.25, -0.2) is 4.79 Å². The standard InChI is InChI=1S/C13H14F3NO3/c1-2-10(12(19)20)17-11(18)7-8-3-5-9(6-4-8)13(14,15)16/h3-6,10H,2,7H2,1H3,(H,17,18)(H,19,20)/t10-/m0/s1. The number of rotatable bonds is 5. The van der Waals surface area contributed by atoms with Crippen molar-refractivity contribution in [2.75, 3.05) is 0 Å². The monoisotopic (exact) mass is 289 g/mol. The van der Waals surface area contributed by atoms with Crippen LogP contribution < -0.4 is 5.32 Å². The van der Waals surface area contributed by atoms with E-state index in [1.165, 1.54) is 12.1 Å². The maximum atomic E-state index is 12.3. The third kappa shape index (κ3) is 4.56. The number of benzene rings is 1. The number of carboxylic acids is 1. The Morgan fingerprint density at radius 3 is 2.20 bits per heavy atom. The average molecular weight is 289 g/mol. The summed E-state index contributed by atoms with van der Waals surface area (Å²) in [6, 6.07) is 3.18. The maximum absolute atomic E-state index is 12.3. The average Bonchev–Trinajstić information content (AvgIpc) is 2.35. The van der Waals surface area contributed by atoms with Crippen LogP contribution in [-0.4, -0.2) is 23.0 Å². The molecule has 0 aliphatic heterocycles. The molecule has 0 unspecified atom stereocenters. The van der Waals surface area contributed by atoms with Crippen molar-refractivity contribution in [3.8, 4) is 0 Å². The number of halogens is 3. The zero-order valence-corrected chi connectivity index (χ0v) is 10.7. The first-order valence-electron chi connectivity index (χ1n) is 5.92. The van der Waals surface area contributed by atoms with Gasteiger partial charge in [0.15, 0.2) is 0 Å². The molecule has 0 saturated heterocycles. The Morgan fingerprint density at radius 1 is 1.25 bits per heavy atom. The first-order valence-corrected chi connectivity index (χ1v) is 5.92. The lowest BCUT2D eigenvalue weighted by Gasteiger charge is -2.12. The first-order chi connectivity index (χ1) is 9.24. The van der Waals surface area contributed by atoms with Gasteiger partial charge in [-0.15, -0.1) is 0 Å². The third-order valence-corrected chi connectivity index (χ3v) is 2.69. The predicted molar refractivity (Wildman–Crippen MR) is 65.0 cm³/mol. The van der Waals surface area contributed by atoms with E-state index in [-0.39, 0.29) is 12.8 Å². The molecule has 1 amide bonds. The molecule has 0 heterocycles. The topological polar surface area (TPSA) is 66.4 Å². The summed E-state index contributed by atoms with van der Waals surface area (Å²) in [4.78, 5) is 22.3. The number of carbonyl (C=O) groups excluding carboxylic acids is 1. The van der Waals surface area contributed by atoms with Crippen molar-refractivity contribution in [3.05, 3.63) is 35.4 Å². The van der Waals surface area contributed by atoms with Crippen LogP contribution >= 0.6 is 0 Å². The molecule has 0 bridgehead atoms. The van der Waals surface area contributed by atoms with Gasteiger partial charge in [0.2, 0.25) is 5.91 Å². The molecule has 4 nitrogen and oxygen atoms in total. The van der Waals surface area contributed by atoms with Crippen molar-refractivity contribution in [1.29, 1.82) is 0 Å². The number of nitrogens with one attached hydrogen (secondary N) is 1. The number of hydrogen-bond acceptors (Lipinski definition) is 2. The first kappa shape index (κ1) is 16.0. The summed E-state index contributed by atoms with van der Waals surface area (Å²) >= 11 is 0. The van der Waals surface area contributed by atoms with E-state index in [1.807, 2.05) is 0 Å². The van der Waals surface area contributed by atoms with Gasteiger partial charge in [0, 0.05) is 0 Å². The minimum atomic E-state index is -4.42. The van der Waals surface area contributed by atoms with Crippen molar-refractivity contribution < 1.29 is 27.9 Å². The van der Waals surface area contributed by atoms with Gasteiger partial charge in [0.1, 0.15) is 6.04 Å². The van der Waals surface area contributed by atoms with Gasteiger partial charge in [-0.2, -0.15) is 13.2 Å². The molecular formula is C13H14F3NO3. The highest BCUT2D eigenvalue weighted by atomic mass is 19.4. The molecule has 7 heteroatoms. The zero-order valence-electron chi connectivity index (χ0n) is 10.7. The lowest BCUT2D eigenvalue weighted by atomic mass is 10.1. The summed E-state index contributed by atoms with van der Waals surface area (Å²) in [5.74, 6) is -1.69. The van der Waals surface area contributed by atoms with E-state index in [2.05, 4.69) is 5.32 Å². The SMILES string of the molecule is CC[C@H](NC(=O)Cc1ccc(C(F)(F)F)cc1)C(=O)O. The molecule has 1 aromatic carbocycles. The van der Waals surface area contributed by atoms with E-state index in [9.17, 15) is 22.8 Å². The Kier molecular flexibility index (Phi) is 5.12. The molecule has 1 atom stereocenters. The molecule has 1 rings (SSSR count). The van der Waals surface area contributed by atoms with Crippen molar-refractivity contribution in [3.63, 3.8) is 0 Å². The van der Waals surface area contributed by atoms with Gasteiger partial charge in [-0.3, -0.25) is 4.79 Å². The van der Waals surface area contributed by atoms with Gasteiger partial charge >= 0.3 is 12.1 Å². The normalized spacial score (nSPS) is 12.8. The fourth-order valence-corrected chi connectivity index (χ4v) is 1.58.